The summed E-state index contributed by atoms with van der Waals surface area (Å²) in [5.41, 5.74) is 2.29. The van der Waals surface area contributed by atoms with Crippen LogP contribution in [0.25, 0.3) is 11.1 Å². The highest BCUT2D eigenvalue weighted by Gasteiger charge is 2.10. The van der Waals surface area contributed by atoms with Crippen molar-refractivity contribution in [1.29, 1.82) is 0 Å². The zero-order valence-corrected chi connectivity index (χ0v) is 20.8. The van der Waals surface area contributed by atoms with E-state index in [1.54, 1.807) is 50.2 Å². The molecule has 0 saturated heterocycles. The van der Waals surface area contributed by atoms with Crippen LogP contribution in [0.5, 0.6) is 17.2 Å². The first-order valence-corrected chi connectivity index (χ1v) is 12.0. The van der Waals surface area contributed by atoms with Crippen LogP contribution in [0.3, 0.4) is 0 Å². The fourth-order valence-corrected chi connectivity index (χ4v) is 3.19. The molecule has 0 atom stereocenters. The maximum atomic E-state index is 12.5. The third-order valence-corrected chi connectivity index (χ3v) is 5.21. The Morgan fingerprint density at radius 3 is 1.78 bits per heavy atom. The largest absolute Gasteiger partial charge is 0.494 e. The third-order valence-electron chi connectivity index (χ3n) is 5.21. The van der Waals surface area contributed by atoms with E-state index < -0.39 is 11.9 Å². The van der Waals surface area contributed by atoms with E-state index in [0.29, 0.717) is 35.8 Å². The molecule has 0 radical (unpaired) electrons. The molecule has 0 amide bonds. The average molecular weight is 507 g/mol. The van der Waals surface area contributed by atoms with Crippen LogP contribution in [-0.2, 0) is 14.3 Å². The van der Waals surface area contributed by atoms with E-state index in [-0.39, 0.29) is 31.5 Å². The van der Waals surface area contributed by atoms with E-state index in [0.717, 1.165) is 11.1 Å². The number of hydrogen-bond acceptors (Lipinski definition) is 7. The standard InChI is InChI=1S/C29H30O8/c1-20(2)28(32)36-19-18-35-25-13-15-26(16-14-25)37-29(33)23-7-5-21(6-8-23)22-9-11-24(12-10-22)34-17-3-4-27(30)31/h5-16,20H,3-4,17-19H2,1-2H3,(H,30,31). The van der Waals surface area contributed by atoms with Gasteiger partial charge in [0.15, 0.2) is 0 Å². The van der Waals surface area contributed by atoms with Crippen LogP contribution in [-0.4, -0.2) is 42.8 Å². The summed E-state index contributed by atoms with van der Waals surface area (Å²) in [6, 6.07) is 21.1. The van der Waals surface area contributed by atoms with Crippen molar-refractivity contribution < 1.29 is 38.4 Å². The summed E-state index contributed by atoms with van der Waals surface area (Å²) >= 11 is 0. The van der Waals surface area contributed by atoms with E-state index in [2.05, 4.69) is 0 Å². The minimum Gasteiger partial charge on any atom is -0.494 e. The molecule has 0 aliphatic rings. The van der Waals surface area contributed by atoms with Crippen molar-refractivity contribution in [2.75, 3.05) is 19.8 Å². The first-order chi connectivity index (χ1) is 17.8. The monoisotopic (exact) mass is 506 g/mol. The average Bonchev–Trinajstić information content (AvgIpc) is 2.90. The van der Waals surface area contributed by atoms with Crippen molar-refractivity contribution in [3.05, 3.63) is 78.4 Å². The van der Waals surface area contributed by atoms with Gasteiger partial charge in [-0.15, -0.1) is 0 Å². The summed E-state index contributed by atoms with van der Waals surface area (Å²) in [6.45, 7) is 4.27. The van der Waals surface area contributed by atoms with Gasteiger partial charge in [-0.05, 0) is 66.1 Å². The highest BCUT2D eigenvalue weighted by molar-refractivity contribution is 5.91. The van der Waals surface area contributed by atoms with Gasteiger partial charge in [0.2, 0.25) is 0 Å². The van der Waals surface area contributed by atoms with E-state index in [4.69, 9.17) is 24.1 Å². The van der Waals surface area contributed by atoms with Crippen molar-refractivity contribution in [1.82, 2.24) is 0 Å². The van der Waals surface area contributed by atoms with Crippen molar-refractivity contribution >= 4 is 17.9 Å². The summed E-state index contributed by atoms with van der Waals surface area (Å²) in [5.74, 6) is -0.151. The molecule has 8 heteroatoms. The molecule has 37 heavy (non-hydrogen) atoms. The lowest BCUT2D eigenvalue weighted by Gasteiger charge is -2.10. The van der Waals surface area contributed by atoms with E-state index in [9.17, 15) is 14.4 Å². The maximum absolute atomic E-state index is 12.5. The van der Waals surface area contributed by atoms with E-state index in [1.165, 1.54) is 0 Å². The molecule has 0 spiro atoms. The fraction of sp³-hybridized carbons (Fsp3) is 0.276. The number of carbonyl (C=O) groups excluding carboxylic acids is 2. The smallest absolute Gasteiger partial charge is 0.343 e. The van der Waals surface area contributed by atoms with Crippen LogP contribution >= 0.6 is 0 Å². The summed E-state index contributed by atoms with van der Waals surface area (Å²) in [6.07, 6.45) is 0.523. The third kappa shape index (κ3) is 9.00. The lowest BCUT2D eigenvalue weighted by Crippen LogP contribution is -2.16. The molecule has 0 heterocycles. The predicted molar refractivity (Wildman–Crippen MR) is 137 cm³/mol. The number of carboxylic acids is 1. The Bertz CT molecular complexity index is 1170. The van der Waals surface area contributed by atoms with Crippen LogP contribution in [0.2, 0.25) is 0 Å². The highest BCUT2D eigenvalue weighted by Crippen LogP contribution is 2.24. The second kappa shape index (κ2) is 13.7. The van der Waals surface area contributed by atoms with Gasteiger partial charge < -0.3 is 24.1 Å². The van der Waals surface area contributed by atoms with E-state index >= 15 is 0 Å². The summed E-state index contributed by atoms with van der Waals surface area (Å²) in [4.78, 5) is 34.5. The molecule has 3 aromatic rings. The summed E-state index contributed by atoms with van der Waals surface area (Å²) < 4.78 is 21.6. The van der Waals surface area contributed by atoms with Gasteiger partial charge in [0.25, 0.3) is 0 Å². The Labute approximate surface area is 215 Å². The van der Waals surface area contributed by atoms with Gasteiger partial charge in [-0.2, -0.15) is 0 Å². The highest BCUT2D eigenvalue weighted by atomic mass is 16.6. The van der Waals surface area contributed by atoms with Crippen molar-refractivity contribution in [2.45, 2.75) is 26.7 Å². The van der Waals surface area contributed by atoms with Crippen molar-refractivity contribution in [3.63, 3.8) is 0 Å². The molecule has 0 fully saturated rings. The quantitative estimate of drug-likeness (QED) is 0.187. The molecule has 8 nitrogen and oxygen atoms in total. The Morgan fingerprint density at radius 1 is 0.703 bits per heavy atom. The van der Waals surface area contributed by atoms with Crippen LogP contribution in [0, 0.1) is 5.92 Å². The Balaban J connectivity index is 1.47. The molecule has 3 aromatic carbocycles. The lowest BCUT2D eigenvalue weighted by molar-refractivity contribution is -0.148. The number of esters is 2. The van der Waals surface area contributed by atoms with Gasteiger partial charge in [-0.3, -0.25) is 9.59 Å². The molecule has 0 bridgehead atoms. The molecule has 0 aliphatic carbocycles. The Kier molecular flexibility index (Phi) is 10.1. The van der Waals surface area contributed by atoms with Crippen molar-refractivity contribution in [3.8, 4) is 28.4 Å². The molecule has 0 unspecified atom stereocenters. The number of aliphatic carboxylic acids is 1. The van der Waals surface area contributed by atoms with Crippen LogP contribution < -0.4 is 14.2 Å². The van der Waals surface area contributed by atoms with Crippen LogP contribution in [0.15, 0.2) is 72.8 Å². The molecule has 194 valence electrons. The fourth-order valence-electron chi connectivity index (χ4n) is 3.19. The van der Waals surface area contributed by atoms with Gasteiger partial charge >= 0.3 is 17.9 Å². The summed E-state index contributed by atoms with van der Waals surface area (Å²) in [7, 11) is 0. The number of carboxylic acid groups (broad SMARTS) is 1. The van der Waals surface area contributed by atoms with Gasteiger partial charge in [0.05, 0.1) is 18.1 Å². The molecule has 1 N–H and O–H groups in total. The number of benzene rings is 3. The zero-order chi connectivity index (χ0) is 26.6. The summed E-state index contributed by atoms with van der Waals surface area (Å²) in [5, 5.41) is 8.67. The van der Waals surface area contributed by atoms with Crippen molar-refractivity contribution in [2.24, 2.45) is 5.92 Å². The lowest BCUT2D eigenvalue weighted by atomic mass is 10.0. The zero-order valence-electron chi connectivity index (χ0n) is 20.8. The Morgan fingerprint density at radius 2 is 1.22 bits per heavy atom. The first kappa shape index (κ1) is 27.3. The number of rotatable bonds is 13. The molecule has 3 rings (SSSR count). The maximum Gasteiger partial charge on any atom is 0.343 e. The normalized spacial score (nSPS) is 10.6. The number of hydrogen-bond donors (Lipinski definition) is 1. The molecular weight excluding hydrogens is 476 g/mol. The predicted octanol–water partition coefficient (Wildman–Crippen LogP) is 5.39. The second-order valence-electron chi connectivity index (χ2n) is 8.48. The van der Waals surface area contributed by atoms with Gasteiger partial charge in [-0.1, -0.05) is 38.1 Å². The van der Waals surface area contributed by atoms with E-state index in [1.807, 2.05) is 36.4 Å². The minimum atomic E-state index is -0.839. The first-order valence-electron chi connectivity index (χ1n) is 12.0. The van der Waals surface area contributed by atoms with Crippen LogP contribution in [0.4, 0.5) is 0 Å². The molecular formula is C29H30O8. The van der Waals surface area contributed by atoms with Gasteiger partial charge in [0.1, 0.15) is 30.5 Å². The SMILES string of the molecule is CC(C)C(=O)OCCOc1ccc(OC(=O)c2ccc(-c3ccc(OCCCC(=O)O)cc3)cc2)cc1. The van der Waals surface area contributed by atoms with Crippen LogP contribution in [0.1, 0.15) is 37.0 Å². The minimum absolute atomic E-state index is 0.0746. The number of carbonyl (C=O) groups is 3. The van der Waals surface area contributed by atoms with Gasteiger partial charge in [-0.25, -0.2) is 4.79 Å². The second-order valence-corrected chi connectivity index (χ2v) is 8.48. The molecule has 0 aliphatic heterocycles. The Hall–Kier alpha value is -4.33. The topological polar surface area (TPSA) is 108 Å². The molecule has 0 aromatic heterocycles. The van der Waals surface area contributed by atoms with Gasteiger partial charge in [0, 0.05) is 6.42 Å². The number of ether oxygens (including phenoxy) is 4. The molecule has 0 saturated carbocycles.